The highest BCUT2D eigenvalue weighted by atomic mass is 14.8. The Morgan fingerprint density at radius 3 is 1.83 bits per heavy atom. The maximum atomic E-state index is 3.05. The molecule has 0 fully saturated rings. The molecule has 1 rings (SSSR count). The highest BCUT2D eigenvalue weighted by Crippen LogP contribution is 2.06. The summed E-state index contributed by atoms with van der Waals surface area (Å²) in [5.74, 6) is 0. The molecule has 2 nitrogen and oxygen atoms in total. The fourth-order valence-corrected chi connectivity index (χ4v) is 0.720. The van der Waals surface area contributed by atoms with E-state index in [1.165, 1.54) is 11.3 Å². The zero-order valence-corrected chi connectivity index (χ0v) is 7.93. The maximum Gasteiger partial charge on any atom is 0.0337 e. The SMILES string of the molecule is C=C.CNc1ccc(C)cc1.N. The van der Waals surface area contributed by atoms with Crippen LogP contribution >= 0.6 is 0 Å². The lowest BCUT2D eigenvalue weighted by Gasteiger charge is -1.97. The zero-order valence-electron chi connectivity index (χ0n) is 7.93. The van der Waals surface area contributed by atoms with Crippen molar-refractivity contribution in [2.75, 3.05) is 12.4 Å². The van der Waals surface area contributed by atoms with Crippen molar-refractivity contribution in [2.45, 2.75) is 6.92 Å². The van der Waals surface area contributed by atoms with Gasteiger partial charge in [-0.2, -0.15) is 0 Å². The van der Waals surface area contributed by atoms with Crippen LogP contribution in [0.3, 0.4) is 0 Å². The van der Waals surface area contributed by atoms with Gasteiger partial charge in [0.1, 0.15) is 0 Å². The average Bonchev–Trinajstić information content (AvgIpc) is 2.10. The van der Waals surface area contributed by atoms with Crippen molar-refractivity contribution in [3.8, 4) is 0 Å². The van der Waals surface area contributed by atoms with Gasteiger partial charge in [0.25, 0.3) is 0 Å². The summed E-state index contributed by atoms with van der Waals surface area (Å²) in [6.45, 7) is 8.08. The third-order valence-corrected chi connectivity index (χ3v) is 1.34. The quantitative estimate of drug-likeness (QED) is 0.630. The average molecular weight is 166 g/mol. The minimum absolute atomic E-state index is 0. The molecule has 1 aromatic carbocycles. The molecule has 1 aromatic rings. The van der Waals surface area contributed by atoms with E-state index in [0.717, 1.165) is 0 Å². The van der Waals surface area contributed by atoms with Crippen molar-refractivity contribution in [3.05, 3.63) is 43.0 Å². The molecule has 0 aliphatic carbocycles. The van der Waals surface area contributed by atoms with Crippen molar-refractivity contribution in [2.24, 2.45) is 0 Å². The molecule has 0 aromatic heterocycles. The number of rotatable bonds is 1. The van der Waals surface area contributed by atoms with Crippen LogP contribution < -0.4 is 11.5 Å². The van der Waals surface area contributed by atoms with Gasteiger partial charge in [-0.05, 0) is 19.1 Å². The Hall–Kier alpha value is -1.28. The Balaban J connectivity index is 0. The molecule has 0 spiro atoms. The van der Waals surface area contributed by atoms with Gasteiger partial charge in [0.15, 0.2) is 0 Å². The second-order valence-corrected chi connectivity index (χ2v) is 2.12. The second kappa shape index (κ2) is 7.82. The Bertz CT molecular complexity index is 191. The molecular weight excluding hydrogens is 148 g/mol. The summed E-state index contributed by atoms with van der Waals surface area (Å²) >= 11 is 0. The van der Waals surface area contributed by atoms with Gasteiger partial charge in [0, 0.05) is 12.7 Å². The Morgan fingerprint density at radius 2 is 1.50 bits per heavy atom. The van der Waals surface area contributed by atoms with Gasteiger partial charge in [-0.3, -0.25) is 0 Å². The molecule has 0 saturated heterocycles. The molecule has 4 N–H and O–H groups in total. The maximum absolute atomic E-state index is 3.05. The van der Waals surface area contributed by atoms with Crippen LogP contribution in [-0.2, 0) is 0 Å². The van der Waals surface area contributed by atoms with E-state index in [1.54, 1.807) is 0 Å². The summed E-state index contributed by atoms with van der Waals surface area (Å²) in [7, 11) is 1.92. The molecular formula is C10H18N2. The number of aryl methyl sites for hydroxylation is 1. The standard InChI is InChI=1S/C8H11N.C2H4.H3N/c1-7-3-5-8(9-2)6-4-7;1-2;/h3-6,9H,1-2H3;1-2H2;1H3. The lowest BCUT2D eigenvalue weighted by molar-refractivity contribution is 1.44. The van der Waals surface area contributed by atoms with Crippen LogP contribution in [0.4, 0.5) is 5.69 Å². The summed E-state index contributed by atoms with van der Waals surface area (Å²) < 4.78 is 0. The Kier molecular flexibility index (Phi) is 8.68. The molecule has 0 unspecified atom stereocenters. The van der Waals surface area contributed by atoms with Crippen LogP contribution in [0.2, 0.25) is 0 Å². The third kappa shape index (κ3) is 4.52. The molecule has 68 valence electrons. The largest absolute Gasteiger partial charge is 0.388 e. The summed E-state index contributed by atoms with van der Waals surface area (Å²) in [5, 5.41) is 3.05. The van der Waals surface area contributed by atoms with E-state index in [9.17, 15) is 0 Å². The second-order valence-electron chi connectivity index (χ2n) is 2.12. The molecule has 0 bridgehead atoms. The minimum atomic E-state index is 0. The molecule has 0 atom stereocenters. The number of anilines is 1. The van der Waals surface area contributed by atoms with E-state index in [4.69, 9.17) is 0 Å². The molecule has 12 heavy (non-hydrogen) atoms. The van der Waals surface area contributed by atoms with Crippen LogP contribution in [0.1, 0.15) is 5.56 Å². The predicted octanol–water partition coefficient (Wildman–Crippen LogP) is 3.00. The van der Waals surface area contributed by atoms with Gasteiger partial charge in [0.2, 0.25) is 0 Å². The topological polar surface area (TPSA) is 47.0 Å². The van der Waals surface area contributed by atoms with E-state index in [0.29, 0.717) is 0 Å². The van der Waals surface area contributed by atoms with Crippen molar-refractivity contribution in [1.29, 1.82) is 0 Å². The number of nitrogens with one attached hydrogen (secondary N) is 1. The first kappa shape index (κ1) is 13.3. The Labute approximate surface area is 74.9 Å². The van der Waals surface area contributed by atoms with Crippen molar-refractivity contribution in [1.82, 2.24) is 6.15 Å². The molecule has 2 heteroatoms. The van der Waals surface area contributed by atoms with Crippen molar-refractivity contribution >= 4 is 5.69 Å². The van der Waals surface area contributed by atoms with Gasteiger partial charge in [-0.25, -0.2) is 0 Å². The summed E-state index contributed by atoms with van der Waals surface area (Å²) in [6.07, 6.45) is 0. The molecule has 0 aliphatic rings. The van der Waals surface area contributed by atoms with Crippen LogP contribution in [0, 0.1) is 6.92 Å². The fourth-order valence-electron chi connectivity index (χ4n) is 0.720. The van der Waals surface area contributed by atoms with Gasteiger partial charge >= 0.3 is 0 Å². The number of benzene rings is 1. The molecule has 0 aliphatic heterocycles. The van der Waals surface area contributed by atoms with E-state index < -0.39 is 0 Å². The van der Waals surface area contributed by atoms with Gasteiger partial charge in [0.05, 0.1) is 0 Å². The minimum Gasteiger partial charge on any atom is -0.388 e. The third-order valence-electron chi connectivity index (χ3n) is 1.34. The van der Waals surface area contributed by atoms with Crippen LogP contribution in [0.25, 0.3) is 0 Å². The van der Waals surface area contributed by atoms with Crippen LogP contribution in [-0.4, -0.2) is 7.05 Å². The fraction of sp³-hybridized carbons (Fsp3) is 0.200. The normalized spacial score (nSPS) is 7.17. The molecule has 0 radical (unpaired) electrons. The predicted molar refractivity (Wildman–Crippen MR) is 57.0 cm³/mol. The number of hydrogen-bond acceptors (Lipinski definition) is 2. The van der Waals surface area contributed by atoms with Gasteiger partial charge in [-0.1, -0.05) is 17.7 Å². The van der Waals surface area contributed by atoms with Crippen LogP contribution in [0.5, 0.6) is 0 Å². The monoisotopic (exact) mass is 166 g/mol. The van der Waals surface area contributed by atoms with Crippen LogP contribution in [0.15, 0.2) is 37.4 Å². The number of hydrogen-bond donors (Lipinski definition) is 2. The summed E-state index contributed by atoms with van der Waals surface area (Å²) in [5.41, 5.74) is 2.47. The first-order chi connectivity index (χ1) is 5.33. The first-order valence-corrected chi connectivity index (χ1v) is 3.57. The lowest BCUT2D eigenvalue weighted by Crippen LogP contribution is -1.85. The highest BCUT2D eigenvalue weighted by Gasteiger charge is 1.83. The van der Waals surface area contributed by atoms with E-state index >= 15 is 0 Å². The van der Waals surface area contributed by atoms with E-state index in [2.05, 4.69) is 49.7 Å². The molecule has 0 saturated carbocycles. The van der Waals surface area contributed by atoms with E-state index in [-0.39, 0.29) is 6.15 Å². The van der Waals surface area contributed by atoms with Gasteiger partial charge in [-0.15, -0.1) is 13.2 Å². The summed E-state index contributed by atoms with van der Waals surface area (Å²) in [6, 6.07) is 8.31. The summed E-state index contributed by atoms with van der Waals surface area (Å²) in [4.78, 5) is 0. The zero-order chi connectivity index (χ0) is 8.69. The van der Waals surface area contributed by atoms with Crippen molar-refractivity contribution in [3.63, 3.8) is 0 Å². The van der Waals surface area contributed by atoms with E-state index in [1.807, 2.05) is 7.05 Å². The van der Waals surface area contributed by atoms with Crippen molar-refractivity contribution < 1.29 is 0 Å². The lowest BCUT2D eigenvalue weighted by atomic mass is 10.2. The molecule has 0 heterocycles. The Morgan fingerprint density at radius 1 is 1.08 bits per heavy atom. The van der Waals surface area contributed by atoms with Gasteiger partial charge < -0.3 is 11.5 Å². The smallest absolute Gasteiger partial charge is 0.0337 e. The highest BCUT2D eigenvalue weighted by molar-refractivity contribution is 5.43. The molecule has 0 amide bonds. The first-order valence-electron chi connectivity index (χ1n) is 3.57.